The summed E-state index contributed by atoms with van der Waals surface area (Å²) in [5.74, 6) is -1.58. The quantitative estimate of drug-likeness (QED) is 0.661. The zero-order valence-corrected chi connectivity index (χ0v) is 10.0. The molecule has 5 nitrogen and oxygen atoms in total. The summed E-state index contributed by atoms with van der Waals surface area (Å²) in [5, 5.41) is 19.7. The van der Waals surface area contributed by atoms with Gasteiger partial charge in [-0.3, -0.25) is 4.79 Å². The summed E-state index contributed by atoms with van der Waals surface area (Å²) in [6, 6.07) is 8.53. The maximum atomic E-state index is 11.4. The Morgan fingerprint density at radius 3 is 2.44 bits per heavy atom. The molecule has 0 aliphatic rings. The average Bonchev–Trinajstić information content (AvgIpc) is 2.37. The van der Waals surface area contributed by atoms with Gasteiger partial charge in [0, 0.05) is 6.42 Å². The number of aliphatic carboxylic acids is 1. The summed E-state index contributed by atoms with van der Waals surface area (Å²) in [7, 11) is 0. The Labute approximate surface area is 105 Å². The van der Waals surface area contributed by atoms with Crippen LogP contribution in [-0.4, -0.2) is 34.7 Å². The molecule has 18 heavy (non-hydrogen) atoms. The first kappa shape index (κ1) is 14.2. The molecule has 0 aromatic heterocycles. The van der Waals surface area contributed by atoms with Crippen molar-refractivity contribution in [3.63, 3.8) is 0 Å². The van der Waals surface area contributed by atoms with E-state index in [4.69, 9.17) is 10.2 Å². The van der Waals surface area contributed by atoms with Crippen LogP contribution in [0.4, 0.5) is 0 Å². The molecular weight excluding hydrogens is 234 g/mol. The van der Waals surface area contributed by atoms with E-state index in [9.17, 15) is 9.59 Å². The monoisotopic (exact) mass is 251 g/mol. The minimum Gasteiger partial charge on any atom is -0.480 e. The topological polar surface area (TPSA) is 86.6 Å². The molecule has 0 unspecified atom stereocenters. The van der Waals surface area contributed by atoms with Crippen LogP contribution < -0.4 is 5.32 Å². The summed E-state index contributed by atoms with van der Waals surface area (Å²) >= 11 is 0. The Bertz CT molecular complexity index is 391. The van der Waals surface area contributed by atoms with Crippen molar-refractivity contribution in [2.45, 2.75) is 25.3 Å². The lowest BCUT2D eigenvalue weighted by Gasteiger charge is -2.11. The normalized spacial score (nSPS) is 11.8. The largest absolute Gasteiger partial charge is 0.480 e. The standard InChI is InChI=1S/C13H17NO4/c15-9-11(13(17)18)14-12(16)8-4-7-10-5-2-1-3-6-10/h1-3,5-6,11,15H,4,7-9H2,(H,14,16)(H,17,18)/t11-/m1/s1. The van der Waals surface area contributed by atoms with E-state index in [0.29, 0.717) is 6.42 Å². The Kier molecular flexibility index (Phi) is 5.87. The molecule has 0 radical (unpaired) electrons. The van der Waals surface area contributed by atoms with Crippen molar-refractivity contribution in [3.8, 4) is 0 Å². The smallest absolute Gasteiger partial charge is 0.328 e. The van der Waals surface area contributed by atoms with E-state index in [0.717, 1.165) is 12.0 Å². The van der Waals surface area contributed by atoms with Crippen LogP contribution in [0.5, 0.6) is 0 Å². The molecule has 0 aliphatic carbocycles. The van der Waals surface area contributed by atoms with Crippen LogP contribution in [0, 0.1) is 0 Å². The van der Waals surface area contributed by atoms with Crippen LogP contribution >= 0.6 is 0 Å². The second-order valence-corrected chi connectivity index (χ2v) is 3.98. The van der Waals surface area contributed by atoms with Crippen LogP contribution in [0.15, 0.2) is 30.3 Å². The lowest BCUT2D eigenvalue weighted by atomic mass is 10.1. The van der Waals surface area contributed by atoms with Gasteiger partial charge in [0.15, 0.2) is 0 Å². The Morgan fingerprint density at radius 1 is 1.22 bits per heavy atom. The molecule has 0 heterocycles. The fourth-order valence-corrected chi connectivity index (χ4v) is 1.55. The van der Waals surface area contributed by atoms with Crippen LogP contribution in [0.2, 0.25) is 0 Å². The number of hydrogen-bond acceptors (Lipinski definition) is 3. The van der Waals surface area contributed by atoms with Crippen molar-refractivity contribution < 1.29 is 19.8 Å². The van der Waals surface area contributed by atoms with Crippen LogP contribution in [0.3, 0.4) is 0 Å². The number of carbonyl (C=O) groups is 2. The van der Waals surface area contributed by atoms with E-state index in [2.05, 4.69) is 5.32 Å². The third-order valence-electron chi connectivity index (χ3n) is 2.53. The number of carbonyl (C=O) groups excluding carboxylic acids is 1. The first-order valence-electron chi connectivity index (χ1n) is 5.80. The molecule has 3 N–H and O–H groups in total. The molecule has 0 bridgehead atoms. The molecule has 1 aromatic carbocycles. The third kappa shape index (κ3) is 4.97. The zero-order chi connectivity index (χ0) is 13.4. The number of hydrogen-bond donors (Lipinski definition) is 3. The third-order valence-corrected chi connectivity index (χ3v) is 2.53. The van der Waals surface area contributed by atoms with E-state index in [-0.39, 0.29) is 12.3 Å². The van der Waals surface area contributed by atoms with Gasteiger partial charge in [0.1, 0.15) is 6.04 Å². The van der Waals surface area contributed by atoms with Gasteiger partial charge in [0.05, 0.1) is 6.61 Å². The molecule has 5 heteroatoms. The number of rotatable bonds is 7. The van der Waals surface area contributed by atoms with Gasteiger partial charge in [-0.15, -0.1) is 0 Å². The van der Waals surface area contributed by atoms with Gasteiger partial charge in [-0.1, -0.05) is 30.3 Å². The molecule has 0 saturated carbocycles. The Morgan fingerprint density at radius 2 is 1.89 bits per heavy atom. The molecule has 1 aromatic rings. The van der Waals surface area contributed by atoms with Crippen molar-refractivity contribution in [1.29, 1.82) is 0 Å². The number of carboxylic acids is 1. The second kappa shape index (κ2) is 7.45. The van der Waals surface area contributed by atoms with E-state index in [1.165, 1.54) is 0 Å². The lowest BCUT2D eigenvalue weighted by molar-refractivity contribution is -0.142. The summed E-state index contributed by atoms with van der Waals surface area (Å²) in [6.07, 6.45) is 1.66. The van der Waals surface area contributed by atoms with Crippen molar-refractivity contribution in [1.82, 2.24) is 5.32 Å². The van der Waals surface area contributed by atoms with Gasteiger partial charge >= 0.3 is 5.97 Å². The van der Waals surface area contributed by atoms with Gasteiger partial charge in [-0.2, -0.15) is 0 Å². The van der Waals surface area contributed by atoms with Gasteiger partial charge in [-0.25, -0.2) is 4.79 Å². The SMILES string of the molecule is O=C(CCCc1ccccc1)N[C@H](CO)C(=O)O. The van der Waals surface area contributed by atoms with Crippen molar-refractivity contribution >= 4 is 11.9 Å². The van der Waals surface area contributed by atoms with E-state index in [1.807, 2.05) is 30.3 Å². The highest BCUT2D eigenvalue weighted by atomic mass is 16.4. The maximum absolute atomic E-state index is 11.4. The second-order valence-electron chi connectivity index (χ2n) is 3.98. The predicted octanol–water partition coefficient (Wildman–Crippen LogP) is 0.571. The molecule has 0 spiro atoms. The number of aryl methyl sites for hydroxylation is 1. The van der Waals surface area contributed by atoms with E-state index >= 15 is 0 Å². The number of amides is 1. The average molecular weight is 251 g/mol. The summed E-state index contributed by atoms with van der Waals surface area (Å²) < 4.78 is 0. The minimum atomic E-state index is -1.23. The molecule has 98 valence electrons. The van der Waals surface area contributed by atoms with E-state index in [1.54, 1.807) is 0 Å². The fraction of sp³-hybridized carbons (Fsp3) is 0.385. The van der Waals surface area contributed by atoms with Gasteiger partial charge in [0.25, 0.3) is 0 Å². The number of aliphatic hydroxyl groups is 1. The van der Waals surface area contributed by atoms with Crippen LogP contribution in [-0.2, 0) is 16.0 Å². The number of aliphatic hydroxyl groups excluding tert-OH is 1. The molecule has 1 rings (SSSR count). The van der Waals surface area contributed by atoms with Crippen molar-refractivity contribution in [3.05, 3.63) is 35.9 Å². The molecule has 1 atom stereocenters. The maximum Gasteiger partial charge on any atom is 0.328 e. The molecule has 0 saturated heterocycles. The van der Waals surface area contributed by atoms with E-state index < -0.39 is 18.6 Å². The van der Waals surface area contributed by atoms with Crippen molar-refractivity contribution in [2.24, 2.45) is 0 Å². The highest BCUT2D eigenvalue weighted by Crippen LogP contribution is 2.04. The molecule has 0 fully saturated rings. The first-order chi connectivity index (χ1) is 8.63. The van der Waals surface area contributed by atoms with Crippen LogP contribution in [0.25, 0.3) is 0 Å². The highest BCUT2D eigenvalue weighted by molar-refractivity contribution is 5.83. The fourth-order valence-electron chi connectivity index (χ4n) is 1.55. The van der Waals surface area contributed by atoms with Gasteiger partial charge in [0.2, 0.25) is 5.91 Å². The number of nitrogens with one attached hydrogen (secondary N) is 1. The van der Waals surface area contributed by atoms with Gasteiger partial charge < -0.3 is 15.5 Å². The molecule has 1 amide bonds. The van der Waals surface area contributed by atoms with Gasteiger partial charge in [-0.05, 0) is 18.4 Å². The summed E-state index contributed by atoms with van der Waals surface area (Å²) in [5.41, 5.74) is 1.14. The number of carboxylic acid groups (broad SMARTS) is 1. The van der Waals surface area contributed by atoms with Crippen LogP contribution in [0.1, 0.15) is 18.4 Å². The predicted molar refractivity (Wildman–Crippen MR) is 66.0 cm³/mol. The minimum absolute atomic E-state index is 0.249. The molecular formula is C13H17NO4. The Balaban J connectivity index is 2.27. The zero-order valence-electron chi connectivity index (χ0n) is 10.0. The summed E-state index contributed by atoms with van der Waals surface area (Å²) in [4.78, 5) is 22.0. The lowest BCUT2D eigenvalue weighted by Crippen LogP contribution is -2.43. The summed E-state index contributed by atoms with van der Waals surface area (Å²) in [6.45, 7) is -0.597. The Hall–Kier alpha value is -1.88. The molecule has 0 aliphatic heterocycles. The highest BCUT2D eigenvalue weighted by Gasteiger charge is 2.17. The first-order valence-corrected chi connectivity index (χ1v) is 5.80. The number of benzene rings is 1. The van der Waals surface area contributed by atoms with Crippen molar-refractivity contribution in [2.75, 3.05) is 6.61 Å².